The van der Waals surface area contributed by atoms with Gasteiger partial charge in [-0.15, -0.1) is 5.10 Å². The van der Waals surface area contributed by atoms with Gasteiger partial charge in [-0.05, 0) is 45.1 Å². The van der Waals surface area contributed by atoms with Gasteiger partial charge in [0.1, 0.15) is 24.4 Å². The molecule has 1 aromatic heterocycles. The van der Waals surface area contributed by atoms with Crippen LogP contribution in [-0.4, -0.2) is 56.6 Å². The number of hydrogen-bond donors (Lipinski definition) is 1. The van der Waals surface area contributed by atoms with E-state index in [1.54, 1.807) is 4.68 Å². The lowest BCUT2D eigenvalue weighted by Crippen LogP contribution is -2.44. The van der Waals surface area contributed by atoms with Crippen LogP contribution in [0.5, 0.6) is 0 Å². The summed E-state index contributed by atoms with van der Waals surface area (Å²) < 4.78 is 25.8. The van der Waals surface area contributed by atoms with Crippen molar-refractivity contribution in [3.63, 3.8) is 0 Å². The van der Waals surface area contributed by atoms with Gasteiger partial charge in [-0.2, -0.15) is 0 Å². The van der Waals surface area contributed by atoms with Crippen LogP contribution in [-0.2, 0) is 32.1 Å². The highest BCUT2D eigenvalue weighted by Crippen LogP contribution is 2.40. The third kappa shape index (κ3) is 4.54. The molecule has 8 heteroatoms. The Balaban J connectivity index is 1.27. The second-order valence-corrected chi connectivity index (χ2v) is 8.40. The van der Waals surface area contributed by atoms with Crippen LogP contribution in [0.15, 0.2) is 36.5 Å². The fourth-order valence-corrected chi connectivity index (χ4v) is 4.13. The predicted molar refractivity (Wildman–Crippen MR) is 109 cm³/mol. The lowest BCUT2D eigenvalue weighted by molar-refractivity contribution is -0.231. The molecule has 0 bridgehead atoms. The Morgan fingerprint density at radius 3 is 2.71 bits per heavy atom. The first-order chi connectivity index (χ1) is 15.0. The van der Waals surface area contributed by atoms with E-state index >= 15 is 0 Å². The second kappa shape index (κ2) is 8.60. The second-order valence-electron chi connectivity index (χ2n) is 8.40. The minimum absolute atomic E-state index is 0.215. The monoisotopic (exact) mass is 424 g/mol. The van der Waals surface area contributed by atoms with Crippen LogP contribution in [0, 0.1) is 31.6 Å². The molecule has 1 aliphatic carbocycles. The molecule has 1 aromatic carbocycles. The number of aliphatic hydroxyl groups is 1. The van der Waals surface area contributed by atoms with Gasteiger partial charge in [0.25, 0.3) is 0 Å². The summed E-state index contributed by atoms with van der Waals surface area (Å²) in [6.45, 7) is 4.28. The molecule has 0 spiro atoms. The molecule has 163 valence electrons. The maximum atomic E-state index is 11.0. The first-order valence-electron chi connectivity index (χ1n) is 10.5. The average molecular weight is 424 g/mol. The number of aromatic nitrogens is 3. The summed E-state index contributed by atoms with van der Waals surface area (Å²) in [5.74, 6) is 0.223. The molecular formula is C23H26N3O5. The highest BCUT2D eigenvalue weighted by atomic mass is 16.8. The molecule has 3 aliphatic rings. The van der Waals surface area contributed by atoms with Gasteiger partial charge in [0.05, 0.1) is 18.8 Å². The van der Waals surface area contributed by atoms with Crippen LogP contribution in [0.25, 0.3) is 0 Å². The van der Waals surface area contributed by atoms with Gasteiger partial charge in [0, 0.05) is 12.1 Å². The SMILES string of the molecule is CC1(C)O[C@H]2O[C@H]([C@H](O)Cn3cc([C]4[CH][CH][CH][CH]4)nn3)[C@H](OCc3ccccc3)[C@H]2O1. The lowest BCUT2D eigenvalue weighted by atomic mass is 10.0. The Hall–Kier alpha value is -1.84. The number of nitrogens with zero attached hydrogens (tertiary/aromatic N) is 3. The van der Waals surface area contributed by atoms with Crippen molar-refractivity contribution >= 4 is 0 Å². The van der Waals surface area contributed by atoms with Crippen LogP contribution < -0.4 is 0 Å². The highest BCUT2D eigenvalue weighted by Gasteiger charge is 2.57. The van der Waals surface area contributed by atoms with Crippen molar-refractivity contribution in [2.24, 2.45) is 0 Å². The number of fused-ring (bicyclic) bond motifs is 1. The first kappa shape index (κ1) is 21.0. The molecule has 2 aliphatic heterocycles. The Morgan fingerprint density at radius 2 is 1.94 bits per heavy atom. The zero-order valence-corrected chi connectivity index (χ0v) is 17.5. The smallest absolute Gasteiger partial charge is 0.190 e. The lowest BCUT2D eigenvalue weighted by Gasteiger charge is -2.28. The Kier molecular flexibility index (Phi) is 5.83. The number of ether oxygens (including phenoxy) is 4. The maximum Gasteiger partial charge on any atom is 0.190 e. The van der Waals surface area contributed by atoms with Crippen LogP contribution in [0.2, 0.25) is 0 Å². The summed E-state index contributed by atoms with van der Waals surface area (Å²) in [4.78, 5) is 0. The summed E-state index contributed by atoms with van der Waals surface area (Å²) in [7, 11) is 0. The quantitative estimate of drug-likeness (QED) is 0.726. The fourth-order valence-electron chi connectivity index (χ4n) is 4.13. The molecule has 0 unspecified atom stereocenters. The largest absolute Gasteiger partial charge is 0.388 e. The van der Waals surface area contributed by atoms with Gasteiger partial charge < -0.3 is 24.1 Å². The molecular weight excluding hydrogens is 398 g/mol. The van der Waals surface area contributed by atoms with E-state index in [4.69, 9.17) is 18.9 Å². The first-order valence-corrected chi connectivity index (χ1v) is 10.5. The van der Waals surface area contributed by atoms with Crippen molar-refractivity contribution in [2.45, 2.75) is 63.5 Å². The number of aliphatic hydroxyl groups excluding tert-OH is 1. The van der Waals surface area contributed by atoms with E-state index in [1.165, 1.54) is 0 Å². The van der Waals surface area contributed by atoms with E-state index in [-0.39, 0.29) is 6.54 Å². The number of hydrogen-bond acceptors (Lipinski definition) is 7. The molecule has 2 saturated heterocycles. The van der Waals surface area contributed by atoms with Crippen molar-refractivity contribution in [1.29, 1.82) is 0 Å². The van der Waals surface area contributed by atoms with E-state index < -0.39 is 36.5 Å². The van der Waals surface area contributed by atoms with E-state index in [1.807, 2.05) is 76.1 Å². The minimum atomic E-state index is -0.879. The van der Waals surface area contributed by atoms with E-state index in [0.717, 1.165) is 17.2 Å². The van der Waals surface area contributed by atoms with Gasteiger partial charge in [-0.1, -0.05) is 35.5 Å². The Labute approximate surface area is 182 Å². The summed E-state index contributed by atoms with van der Waals surface area (Å²) in [6.07, 6.45) is 6.64. The van der Waals surface area contributed by atoms with Crippen molar-refractivity contribution in [2.75, 3.05) is 0 Å². The molecule has 5 atom stereocenters. The maximum absolute atomic E-state index is 11.0. The van der Waals surface area contributed by atoms with Crippen molar-refractivity contribution in [3.05, 3.63) is 79.4 Å². The van der Waals surface area contributed by atoms with Crippen molar-refractivity contribution in [1.82, 2.24) is 15.0 Å². The average Bonchev–Trinajstić information content (AvgIpc) is 3.51. The Morgan fingerprint density at radius 1 is 1.16 bits per heavy atom. The van der Waals surface area contributed by atoms with Crippen LogP contribution in [0.1, 0.15) is 25.1 Å². The summed E-state index contributed by atoms with van der Waals surface area (Å²) >= 11 is 0. The fraction of sp³-hybridized carbons (Fsp3) is 0.435. The van der Waals surface area contributed by atoms with Crippen molar-refractivity contribution < 1.29 is 24.1 Å². The minimum Gasteiger partial charge on any atom is -0.388 e. The van der Waals surface area contributed by atoms with E-state index in [9.17, 15) is 5.11 Å². The third-order valence-corrected chi connectivity index (χ3v) is 5.56. The van der Waals surface area contributed by atoms with E-state index in [0.29, 0.717) is 6.61 Å². The van der Waals surface area contributed by atoms with Gasteiger partial charge in [-0.3, -0.25) is 0 Å². The number of benzene rings is 1. The molecule has 3 heterocycles. The van der Waals surface area contributed by atoms with Crippen molar-refractivity contribution in [3.8, 4) is 0 Å². The molecule has 31 heavy (non-hydrogen) atoms. The van der Waals surface area contributed by atoms with Gasteiger partial charge >= 0.3 is 0 Å². The van der Waals surface area contributed by atoms with Crippen LogP contribution in [0.4, 0.5) is 0 Å². The van der Waals surface area contributed by atoms with Gasteiger partial charge in [0.2, 0.25) is 0 Å². The van der Waals surface area contributed by atoms with Crippen LogP contribution in [0.3, 0.4) is 0 Å². The molecule has 2 aromatic rings. The molecule has 5 rings (SSSR count). The summed E-state index contributed by atoms with van der Waals surface area (Å²) in [5, 5.41) is 19.3. The van der Waals surface area contributed by atoms with Crippen LogP contribution >= 0.6 is 0 Å². The normalized spacial score (nSPS) is 31.2. The Bertz CT molecular complexity index is 867. The third-order valence-electron chi connectivity index (χ3n) is 5.56. The van der Waals surface area contributed by atoms with E-state index in [2.05, 4.69) is 10.3 Å². The summed E-state index contributed by atoms with van der Waals surface area (Å²) in [6, 6.07) is 9.88. The molecule has 3 fully saturated rings. The topological polar surface area (TPSA) is 87.9 Å². The number of rotatable bonds is 7. The van der Waals surface area contributed by atoms with Gasteiger partial charge in [0.15, 0.2) is 12.1 Å². The molecule has 0 amide bonds. The zero-order valence-electron chi connectivity index (χ0n) is 17.5. The predicted octanol–water partition coefficient (Wildman–Crippen LogP) is 1.85. The van der Waals surface area contributed by atoms with Gasteiger partial charge in [-0.25, -0.2) is 4.68 Å². The highest BCUT2D eigenvalue weighted by molar-refractivity contribution is 5.45. The molecule has 1 N–H and O–H groups in total. The zero-order chi connectivity index (χ0) is 21.4. The summed E-state index contributed by atoms with van der Waals surface area (Å²) in [5.41, 5.74) is 1.79. The molecule has 5 radical (unpaired) electrons. The molecule has 1 saturated carbocycles. The molecule has 8 nitrogen and oxygen atoms in total. The standard InChI is InChI=1S/C23H26N3O5/c1-23(2)30-21-20(28-14-15-8-4-3-5-9-15)19(29-22(21)31-23)18(27)13-26-12-17(24-25-26)16-10-6-7-11-16/h3-12,18-22,27H,13-14H2,1-2H3/t18-,19-,20+,21-,22-/m1/s1.